The van der Waals surface area contributed by atoms with Crippen LogP contribution in [0.25, 0.3) is 0 Å². The van der Waals surface area contributed by atoms with Gasteiger partial charge in [-0.25, -0.2) is 9.18 Å². The summed E-state index contributed by atoms with van der Waals surface area (Å²) in [4.78, 5) is 22.7. The van der Waals surface area contributed by atoms with E-state index in [4.69, 9.17) is 9.84 Å². The Morgan fingerprint density at radius 1 is 1.18 bits per heavy atom. The standard InChI is InChI=1S/C16H14FNO4/c1-10-2-3-11(16(20)21)8-14(10)18-15(19)9-22-13-6-4-12(17)5-7-13/h2-8H,9H2,1H3,(H,18,19)(H,20,21). The molecule has 0 aliphatic carbocycles. The molecule has 0 radical (unpaired) electrons. The molecule has 2 N–H and O–H groups in total. The lowest BCUT2D eigenvalue weighted by Gasteiger charge is -2.10. The van der Waals surface area contributed by atoms with Crippen molar-refractivity contribution in [3.63, 3.8) is 0 Å². The smallest absolute Gasteiger partial charge is 0.335 e. The summed E-state index contributed by atoms with van der Waals surface area (Å²) in [5.41, 5.74) is 1.23. The molecule has 0 heterocycles. The van der Waals surface area contributed by atoms with Gasteiger partial charge in [0.05, 0.1) is 5.56 Å². The first-order chi connectivity index (χ1) is 10.5. The lowest BCUT2D eigenvalue weighted by molar-refractivity contribution is -0.118. The summed E-state index contributed by atoms with van der Waals surface area (Å²) in [6.07, 6.45) is 0. The number of carbonyl (C=O) groups excluding carboxylic acids is 1. The second-order valence-electron chi connectivity index (χ2n) is 4.63. The summed E-state index contributed by atoms with van der Waals surface area (Å²) in [7, 11) is 0. The Balaban J connectivity index is 1.98. The van der Waals surface area contributed by atoms with Gasteiger partial charge in [0.2, 0.25) is 0 Å². The fraction of sp³-hybridized carbons (Fsp3) is 0.125. The highest BCUT2D eigenvalue weighted by Crippen LogP contribution is 2.17. The third kappa shape index (κ3) is 4.05. The zero-order chi connectivity index (χ0) is 16.1. The Kier molecular flexibility index (Phi) is 4.73. The van der Waals surface area contributed by atoms with Crippen LogP contribution in [-0.4, -0.2) is 23.6 Å². The summed E-state index contributed by atoms with van der Waals surface area (Å²) in [5.74, 6) is -1.53. The molecule has 0 fully saturated rings. The zero-order valence-electron chi connectivity index (χ0n) is 11.8. The van der Waals surface area contributed by atoms with E-state index in [1.807, 2.05) is 0 Å². The monoisotopic (exact) mass is 303 g/mol. The van der Waals surface area contributed by atoms with Gasteiger partial charge in [0.1, 0.15) is 11.6 Å². The van der Waals surface area contributed by atoms with Gasteiger partial charge in [-0.2, -0.15) is 0 Å². The number of anilines is 1. The van der Waals surface area contributed by atoms with E-state index in [1.54, 1.807) is 13.0 Å². The van der Waals surface area contributed by atoms with Crippen molar-refractivity contribution in [3.8, 4) is 5.75 Å². The molecule has 2 aromatic rings. The van der Waals surface area contributed by atoms with Gasteiger partial charge in [0.25, 0.3) is 5.91 Å². The highest BCUT2D eigenvalue weighted by atomic mass is 19.1. The number of hydrogen-bond donors (Lipinski definition) is 2. The molecule has 0 aliphatic heterocycles. The third-order valence-corrected chi connectivity index (χ3v) is 2.94. The van der Waals surface area contributed by atoms with Gasteiger partial charge in [-0.15, -0.1) is 0 Å². The molecule has 0 atom stereocenters. The molecule has 0 bridgehead atoms. The van der Waals surface area contributed by atoms with Gasteiger partial charge in [-0.3, -0.25) is 4.79 Å². The van der Waals surface area contributed by atoms with E-state index in [-0.39, 0.29) is 12.2 Å². The van der Waals surface area contributed by atoms with Crippen LogP contribution in [-0.2, 0) is 4.79 Å². The second-order valence-corrected chi connectivity index (χ2v) is 4.63. The van der Waals surface area contributed by atoms with Crippen LogP contribution in [0.15, 0.2) is 42.5 Å². The predicted molar refractivity (Wildman–Crippen MR) is 78.7 cm³/mol. The number of aryl methyl sites for hydroxylation is 1. The van der Waals surface area contributed by atoms with Crippen LogP contribution in [0.5, 0.6) is 5.75 Å². The van der Waals surface area contributed by atoms with E-state index in [2.05, 4.69) is 5.32 Å². The van der Waals surface area contributed by atoms with Crippen molar-refractivity contribution in [2.75, 3.05) is 11.9 Å². The van der Waals surface area contributed by atoms with Crippen molar-refractivity contribution in [3.05, 3.63) is 59.4 Å². The molecule has 0 aliphatic rings. The Hall–Kier alpha value is -2.89. The van der Waals surface area contributed by atoms with Gasteiger partial charge < -0.3 is 15.2 Å². The van der Waals surface area contributed by atoms with Crippen LogP contribution in [0.1, 0.15) is 15.9 Å². The summed E-state index contributed by atoms with van der Waals surface area (Å²) >= 11 is 0. The van der Waals surface area contributed by atoms with E-state index in [9.17, 15) is 14.0 Å². The molecule has 0 aromatic heterocycles. The van der Waals surface area contributed by atoms with Crippen LogP contribution in [0, 0.1) is 12.7 Å². The molecule has 2 aromatic carbocycles. The molecule has 114 valence electrons. The van der Waals surface area contributed by atoms with Crippen LogP contribution < -0.4 is 10.1 Å². The lowest BCUT2D eigenvalue weighted by Crippen LogP contribution is -2.21. The van der Waals surface area contributed by atoms with E-state index < -0.39 is 17.7 Å². The van der Waals surface area contributed by atoms with E-state index >= 15 is 0 Å². The fourth-order valence-electron chi connectivity index (χ4n) is 1.76. The third-order valence-electron chi connectivity index (χ3n) is 2.94. The van der Waals surface area contributed by atoms with Crippen molar-refractivity contribution in [2.24, 2.45) is 0 Å². The van der Waals surface area contributed by atoms with E-state index in [0.29, 0.717) is 11.4 Å². The molecule has 1 amide bonds. The molecule has 0 unspecified atom stereocenters. The number of carboxylic acid groups (broad SMARTS) is 1. The lowest BCUT2D eigenvalue weighted by atomic mass is 10.1. The zero-order valence-corrected chi connectivity index (χ0v) is 11.8. The van der Waals surface area contributed by atoms with Crippen LogP contribution in [0.3, 0.4) is 0 Å². The van der Waals surface area contributed by atoms with Gasteiger partial charge in [0, 0.05) is 5.69 Å². The fourth-order valence-corrected chi connectivity index (χ4v) is 1.76. The predicted octanol–water partition coefficient (Wildman–Crippen LogP) is 2.85. The van der Waals surface area contributed by atoms with Crippen molar-refractivity contribution < 1.29 is 23.8 Å². The molecule has 0 saturated heterocycles. The van der Waals surface area contributed by atoms with Crippen LogP contribution in [0.4, 0.5) is 10.1 Å². The van der Waals surface area contributed by atoms with Crippen molar-refractivity contribution in [1.29, 1.82) is 0 Å². The van der Waals surface area contributed by atoms with Gasteiger partial charge in [0.15, 0.2) is 6.61 Å². The first-order valence-corrected chi connectivity index (χ1v) is 6.48. The van der Waals surface area contributed by atoms with E-state index in [1.165, 1.54) is 36.4 Å². The molecule has 0 spiro atoms. The number of benzene rings is 2. The number of carbonyl (C=O) groups is 2. The SMILES string of the molecule is Cc1ccc(C(=O)O)cc1NC(=O)COc1ccc(F)cc1. The van der Waals surface area contributed by atoms with Crippen LogP contribution in [0.2, 0.25) is 0 Å². The van der Waals surface area contributed by atoms with E-state index in [0.717, 1.165) is 5.56 Å². The number of carboxylic acids is 1. The normalized spacial score (nSPS) is 10.1. The minimum absolute atomic E-state index is 0.0837. The molecule has 22 heavy (non-hydrogen) atoms. The molecular weight excluding hydrogens is 289 g/mol. The van der Waals surface area contributed by atoms with Crippen molar-refractivity contribution >= 4 is 17.6 Å². The molecule has 0 saturated carbocycles. The number of rotatable bonds is 5. The molecule has 2 rings (SSSR count). The largest absolute Gasteiger partial charge is 0.484 e. The Morgan fingerprint density at radius 3 is 2.50 bits per heavy atom. The van der Waals surface area contributed by atoms with Crippen molar-refractivity contribution in [1.82, 2.24) is 0 Å². The van der Waals surface area contributed by atoms with Gasteiger partial charge >= 0.3 is 5.97 Å². The first-order valence-electron chi connectivity index (χ1n) is 6.48. The summed E-state index contributed by atoms with van der Waals surface area (Å²) in [5, 5.41) is 11.5. The minimum Gasteiger partial charge on any atom is -0.484 e. The Bertz CT molecular complexity index is 698. The number of amides is 1. The summed E-state index contributed by atoms with van der Waals surface area (Å²) in [6.45, 7) is 1.49. The van der Waals surface area contributed by atoms with Gasteiger partial charge in [-0.1, -0.05) is 6.07 Å². The maximum atomic E-state index is 12.7. The highest BCUT2D eigenvalue weighted by Gasteiger charge is 2.09. The highest BCUT2D eigenvalue weighted by molar-refractivity contribution is 5.95. The van der Waals surface area contributed by atoms with Gasteiger partial charge in [-0.05, 0) is 48.9 Å². The van der Waals surface area contributed by atoms with Crippen molar-refractivity contribution in [2.45, 2.75) is 6.92 Å². The topological polar surface area (TPSA) is 75.6 Å². The summed E-state index contributed by atoms with van der Waals surface area (Å²) < 4.78 is 18.0. The average molecular weight is 303 g/mol. The number of hydrogen-bond acceptors (Lipinski definition) is 3. The molecular formula is C16H14FNO4. The number of halogens is 1. The Morgan fingerprint density at radius 2 is 1.86 bits per heavy atom. The maximum absolute atomic E-state index is 12.7. The molecule has 6 heteroatoms. The quantitative estimate of drug-likeness (QED) is 0.890. The van der Waals surface area contributed by atoms with Crippen LogP contribution >= 0.6 is 0 Å². The number of nitrogens with one attached hydrogen (secondary N) is 1. The first kappa shape index (κ1) is 15.5. The molecule has 5 nitrogen and oxygen atoms in total. The second kappa shape index (κ2) is 6.71. The maximum Gasteiger partial charge on any atom is 0.335 e. The minimum atomic E-state index is -1.07. The number of aromatic carboxylic acids is 1. The summed E-state index contributed by atoms with van der Waals surface area (Å²) in [6, 6.07) is 9.74. The number of ether oxygens (including phenoxy) is 1. The Labute approximate surface area is 126 Å². The average Bonchev–Trinajstić information content (AvgIpc) is 2.48.